The average Bonchev–Trinajstić information content (AvgIpc) is 3.72. The SMILES string of the molecule is COc1nsc(NC(=O)N2C[C@H]3CC(Nc4c([N+](=O)[O-])cnc5c4ccn5S(=O)(=O)c4ccccc4)C[C@H]3C2)n1. The number of methoxy groups -OCH3 is 1. The number of hydrogen-bond donors (Lipinski definition) is 2. The topological polar surface area (TPSA) is 174 Å². The summed E-state index contributed by atoms with van der Waals surface area (Å²) in [4.78, 5) is 34.1. The summed E-state index contributed by atoms with van der Waals surface area (Å²) < 4.78 is 36.5. The summed E-state index contributed by atoms with van der Waals surface area (Å²) in [7, 11) is -2.50. The van der Waals surface area contributed by atoms with Gasteiger partial charge in [0.15, 0.2) is 5.65 Å². The molecule has 2 amide bonds. The van der Waals surface area contributed by atoms with E-state index in [9.17, 15) is 23.3 Å². The number of nitrogens with zero attached hydrogens (tertiary/aromatic N) is 6. The molecule has 0 radical (unpaired) electrons. The van der Waals surface area contributed by atoms with Crippen LogP contribution in [-0.4, -0.2) is 68.8 Å². The number of nitrogens with one attached hydrogen (secondary N) is 2. The highest BCUT2D eigenvalue weighted by molar-refractivity contribution is 7.90. The van der Waals surface area contributed by atoms with Crippen LogP contribution in [0.1, 0.15) is 12.8 Å². The molecule has 2 fully saturated rings. The van der Waals surface area contributed by atoms with Gasteiger partial charge >= 0.3 is 17.7 Å². The number of rotatable bonds is 7. The summed E-state index contributed by atoms with van der Waals surface area (Å²) in [5.41, 5.74) is 0.112. The van der Waals surface area contributed by atoms with Gasteiger partial charge < -0.3 is 15.0 Å². The zero-order chi connectivity index (χ0) is 28.0. The van der Waals surface area contributed by atoms with Crippen LogP contribution in [0.25, 0.3) is 11.0 Å². The summed E-state index contributed by atoms with van der Waals surface area (Å²) in [6.07, 6.45) is 3.85. The van der Waals surface area contributed by atoms with Crippen LogP contribution >= 0.6 is 11.5 Å². The number of anilines is 2. The molecule has 2 N–H and O–H groups in total. The van der Waals surface area contributed by atoms with Crippen molar-refractivity contribution in [1.29, 1.82) is 0 Å². The summed E-state index contributed by atoms with van der Waals surface area (Å²) in [6.45, 7) is 1.09. The van der Waals surface area contributed by atoms with E-state index in [1.54, 1.807) is 23.1 Å². The lowest BCUT2D eigenvalue weighted by Crippen LogP contribution is -2.34. The number of aromatic nitrogens is 4. The Hall–Kier alpha value is -4.31. The number of nitro groups is 1. The molecular formula is C24H24N8O6S2. The van der Waals surface area contributed by atoms with Crippen LogP contribution in [-0.2, 0) is 10.0 Å². The van der Waals surface area contributed by atoms with Gasteiger partial charge in [0, 0.05) is 36.9 Å². The largest absolute Gasteiger partial charge is 0.466 e. The Balaban J connectivity index is 1.20. The summed E-state index contributed by atoms with van der Waals surface area (Å²) in [5, 5.41) is 18.7. The third-order valence-corrected chi connectivity index (χ3v) is 9.64. The molecule has 1 aliphatic carbocycles. The van der Waals surface area contributed by atoms with Crippen molar-refractivity contribution in [2.24, 2.45) is 11.8 Å². The van der Waals surface area contributed by atoms with Gasteiger partial charge in [0.05, 0.1) is 22.3 Å². The van der Waals surface area contributed by atoms with E-state index < -0.39 is 14.9 Å². The number of fused-ring (bicyclic) bond motifs is 2. The minimum absolute atomic E-state index is 0.0876. The molecule has 0 bridgehead atoms. The molecule has 6 rings (SSSR count). The second-order valence-electron chi connectivity index (χ2n) is 9.70. The first-order chi connectivity index (χ1) is 19.2. The standard InChI is InChI=1S/C24H24N8O6S2/c1-38-22-27-23(39-29-22)28-24(33)30-12-14-9-16(10-15(14)13-30)26-20-18-7-8-31(21(18)25-11-19(20)32(34)35)40(36,37)17-5-3-2-4-6-17/h2-8,11,14-16H,9-10,12-13H2,1H3,(H,25,26)(H,27,28,29,33)/t14-,15+,16?. The van der Waals surface area contributed by atoms with Crippen LogP contribution < -0.4 is 15.4 Å². The maximum Gasteiger partial charge on any atom is 0.329 e. The minimum atomic E-state index is -3.95. The highest BCUT2D eigenvalue weighted by Gasteiger charge is 2.43. The molecule has 1 unspecified atom stereocenters. The van der Waals surface area contributed by atoms with Crippen LogP contribution in [0.15, 0.2) is 53.7 Å². The number of pyridine rings is 1. The molecule has 4 aromatic rings. The van der Waals surface area contributed by atoms with E-state index >= 15 is 0 Å². The number of benzene rings is 1. The van der Waals surface area contributed by atoms with E-state index in [1.165, 1.54) is 31.5 Å². The Morgan fingerprint density at radius 3 is 2.55 bits per heavy atom. The smallest absolute Gasteiger partial charge is 0.329 e. The van der Waals surface area contributed by atoms with Crippen molar-refractivity contribution < 1.29 is 22.9 Å². The molecule has 4 heterocycles. The molecule has 1 aromatic carbocycles. The second kappa shape index (κ2) is 10.0. The van der Waals surface area contributed by atoms with Crippen molar-refractivity contribution in [3.63, 3.8) is 0 Å². The van der Waals surface area contributed by atoms with Crippen LogP contribution in [0.5, 0.6) is 6.01 Å². The van der Waals surface area contributed by atoms with Gasteiger partial charge in [0.25, 0.3) is 10.0 Å². The first kappa shape index (κ1) is 25.9. The van der Waals surface area contributed by atoms with Crippen molar-refractivity contribution >= 4 is 55.1 Å². The fourth-order valence-corrected chi connectivity index (χ4v) is 7.40. The Kier molecular flexibility index (Phi) is 6.50. The van der Waals surface area contributed by atoms with Gasteiger partial charge in [-0.3, -0.25) is 15.4 Å². The van der Waals surface area contributed by atoms with Gasteiger partial charge in [-0.25, -0.2) is 22.2 Å². The maximum absolute atomic E-state index is 13.3. The Morgan fingerprint density at radius 2 is 1.90 bits per heavy atom. The van der Waals surface area contributed by atoms with Crippen molar-refractivity contribution in [2.75, 3.05) is 30.8 Å². The fraction of sp³-hybridized carbons (Fsp3) is 0.333. The zero-order valence-corrected chi connectivity index (χ0v) is 22.8. The van der Waals surface area contributed by atoms with Crippen molar-refractivity contribution in [3.8, 4) is 6.01 Å². The quantitative estimate of drug-likeness (QED) is 0.242. The van der Waals surface area contributed by atoms with Crippen LogP contribution in [0.3, 0.4) is 0 Å². The summed E-state index contributed by atoms with van der Waals surface area (Å²) in [5.74, 6) is 0.429. The molecule has 1 saturated heterocycles. The maximum atomic E-state index is 13.3. The van der Waals surface area contributed by atoms with E-state index in [2.05, 4.69) is 25.0 Å². The summed E-state index contributed by atoms with van der Waals surface area (Å²) in [6, 6.07) is 9.31. The predicted octanol–water partition coefficient (Wildman–Crippen LogP) is 3.40. The van der Waals surface area contributed by atoms with Crippen molar-refractivity contribution in [3.05, 3.63) is 58.9 Å². The molecule has 40 heavy (non-hydrogen) atoms. The number of ether oxygens (including phenoxy) is 1. The number of carbonyl (C=O) groups is 1. The molecule has 0 spiro atoms. The molecule has 16 heteroatoms. The molecule has 208 valence electrons. The van der Waals surface area contributed by atoms with Gasteiger partial charge in [-0.1, -0.05) is 18.2 Å². The lowest BCUT2D eigenvalue weighted by molar-refractivity contribution is -0.384. The third kappa shape index (κ3) is 4.58. The van der Waals surface area contributed by atoms with Gasteiger partial charge in [-0.15, -0.1) is 4.37 Å². The van der Waals surface area contributed by atoms with Gasteiger partial charge in [0.2, 0.25) is 5.13 Å². The number of hydrogen-bond acceptors (Lipinski definition) is 11. The van der Waals surface area contributed by atoms with Crippen molar-refractivity contribution in [2.45, 2.75) is 23.8 Å². The highest BCUT2D eigenvalue weighted by atomic mass is 32.2. The average molecular weight is 585 g/mol. The Labute approximate surface area is 232 Å². The highest BCUT2D eigenvalue weighted by Crippen LogP contribution is 2.42. The lowest BCUT2D eigenvalue weighted by atomic mass is 10.0. The molecule has 14 nitrogen and oxygen atoms in total. The van der Waals surface area contributed by atoms with E-state index in [-0.39, 0.29) is 51.8 Å². The van der Waals surface area contributed by atoms with E-state index in [0.717, 1.165) is 21.7 Å². The Bertz CT molecular complexity index is 1690. The molecule has 1 aliphatic heterocycles. The van der Waals surface area contributed by atoms with Crippen molar-refractivity contribution in [1.82, 2.24) is 23.2 Å². The zero-order valence-electron chi connectivity index (χ0n) is 21.1. The van der Waals surface area contributed by atoms with E-state index in [1.807, 2.05) is 0 Å². The molecule has 3 aromatic heterocycles. The van der Waals surface area contributed by atoms with Crippen LogP contribution in [0.2, 0.25) is 0 Å². The molecular weight excluding hydrogens is 560 g/mol. The second-order valence-corrected chi connectivity index (χ2v) is 12.3. The normalized spacial score (nSPS) is 20.4. The lowest BCUT2D eigenvalue weighted by Gasteiger charge is -2.20. The van der Waals surface area contributed by atoms with E-state index in [0.29, 0.717) is 36.4 Å². The van der Waals surface area contributed by atoms with Crippen LogP contribution in [0, 0.1) is 22.0 Å². The molecule has 3 atom stereocenters. The van der Waals surface area contributed by atoms with Gasteiger partial charge in [0.1, 0.15) is 11.9 Å². The van der Waals surface area contributed by atoms with Crippen LogP contribution in [0.4, 0.5) is 21.3 Å². The molecule has 1 saturated carbocycles. The molecule has 2 aliphatic rings. The number of amides is 2. The summed E-state index contributed by atoms with van der Waals surface area (Å²) >= 11 is 1.04. The predicted molar refractivity (Wildman–Crippen MR) is 146 cm³/mol. The monoisotopic (exact) mass is 584 g/mol. The number of likely N-dealkylation sites (tertiary alicyclic amines) is 1. The minimum Gasteiger partial charge on any atom is -0.466 e. The van der Waals surface area contributed by atoms with Gasteiger partial charge in [-0.05, 0) is 42.9 Å². The van der Waals surface area contributed by atoms with E-state index in [4.69, 9.17) is 4.74 Å². The third-order valence-electron chi connectivity index (χ3n) is 7.35. The first-order valence-corrected chi connectivity index (χ1v) is 14.6. The number of carbonyl (C=O) groups excluding carboxylic acids is 1. The number of urea groups is 1. The van der Waals surface area contributed by atoms with Gasteiger partial charge in [-0.2, -0.15) is 4.98 Å². The first-order valence-electron chi connectivity index (χ1n) is 12.4. The fourth-order valence-electron chi connectivity index (χ4n) is 5.54. The Morgan fingerprint density at radius 1 is 1.18 bits per heavy atom.